The van der Waals surface area contributed by atoms with Crippen LogP contribution in [0.4, 0.5) is 8.78 Å². The van der Waals surface area contributed by atoms with Gasteiger partial charge in [0.2, 0.25) is 0 Å². The molecule has 0 amide bonds. The summed E-state index contributed by atoms with van der Waals surface area (Å²) < 4.78 is 26.3. The number of fused-ring (bicyclic) bond motifs is 2. The number of carbonyl (C=O) groups is 2. The van der Waals surface area contributed by atoms with Crippen molar-refractivity contribution in [1.29, 1.82) is 0 Å². The largest absolute Gasteiger partial charge is 0.478 e. The van der Waals surface area contributed by atoms with E-state index in [0.29, 0.717) is 0 Å². The van der Waals surface area contributed by atoms with Crippen LogP contribution in [0, 0.1) is 11.6 Å². The maximum absolute atomic E-state index is 12.2. The van der Waals surface area contributed by atoms with E-state index in [9.17, 15) is 18.4 Å². The summed E-state index contributed by atoms with van der Waals surface area (Å²) in [6.07, 6.45) is 0. The van der Waals surface area contributed by atoms with E-state index in [1.165, 1.54) is 45.8 Å². The fraction of sp³-hybridized carbons (Fsp3) is 0.0294. The maximum atomic E-state index is 12.2. The van der Waals surface area contributed by atoms with Crippen LogP contribution < -0.4 is 0 Å². The summed E-state index contributed by atoms with van der Waals surface area (Å²) in [6.45, 7) is 2.00. The van der Waals surface area contributed by atoms with Gasteiger partial charge < -0.3 is 10.2 Å². The van der Waals surface area contributed by atoms with Gasteiger partial charge in [-0.2, -0.15) is 35.0 Å². The number of hydrogen-bond donors (Lipinski definition) is 2. The number of benzene rings is 4. The molecule has 0 bridgehead atoms. The molecule has 0 radical (unpaired) electrons. The molecule has 6 aromatic rings. The molecule has 0 heterocycles. The fourth-order valence-electron chi connectivity index (χ4n) is 3.32. The zero-order chi connectivity index (χ0) is 30.0. The van der Waals surface area contributed by atoms with Crippen molar-refractivity contribution >= 4 is 37.8 Å². The Morgan fingerprint density at radius 1 is 0.610 bits per heavy atom. The molecule has 0 spiro atoms. The van der Waals surface area contributed by atoms with Gasteiger partial charge in [0.25, 0.3) is 0 Å². The SMILES string of the molecule is C[CH]=[Ti+2].O=C(O)c1ccc(F)cc1.O=C(O)c1ccc(F)cc1.c1ccc2[cH-]ccc2c1.c1ccc2[cH-]ccc2c1. The number of carboxylic acid groups (broad SMARTS) is 2. The Morgan fingerprint density at radius 2 is 0.927 bits per heavy atom. The Balaban J connectivity index is 0.000000185. The first kappa shape index (κ1) is 32.7. The first-order valence-electron chi connectivity index (χ1n) is 12.4. The molecule has 0 aliphatic heterocycles. The second kappa shape index (κ2) is 18.0. The molecule has 4 nitrogen and oxygen atoms in total. The van der Waals surface area contributed by atoms with Crippen LogP contribution in [0.5, 0.6) is 0 Å². The van der Waals surface area contributed by atoms with Gasteiger partial charge in [-0.15, -0.1) is 59.3 Å². The van der Waals surface area contributed by atoms with Gasteiger partial charge in [-0.25, -0.2) is 18.4 Å². The third kappa shape index (κ3) is 12.0. The summed E-state index contributed by atoms with van der Waals surface area (Å²) in [5.74, 6) is -2.94. The average Bonchev–Trinajstić information content (AvgIpc) is 3.65. The summed E-state index contributed by atoms with van der Waals surface area (Å²) in [5.41, 5.74) is 0.197. The predicted octanol–water partition coefficient (Wildman–Crippen LogP) is 8.52. The normalized spacial score (nSPS) is 9.39. The Hall–Kier alpha value is -4.52. The van der Waals surface area contributed by atoms with Crippen LogP contribution in [0.2, 0.25) is 0 Å². The molecular formula is C34H28F2O4Ti. The molecule has 2 N–H and O–H groups in total. The van der Waals surface area contributed by atoms with Crippen LogP contribution in [-0.2, 0) is 20.0 Å². The minimum Gasteiger partial charge on any atom is -0.478 e. The molecule has 0 fully saturated rings. The zero-order valence-electron chi connectivity index (χ0n) is 22.2. The Bertz CT molecular complexity index is 1450. The molecular weight excluding hydrogens is 558 g/mol. The van der Waals surface area contributed by atoms with E-state index in [1.54, 1.807) is 0 Å². The second-order valence-corrected chi connectivity index (χ2v) is 9.12. The third-order valence-corrected chi connectivity index (χ3v) is 5.28. The minimum absolute atomic E-state index is 0.0985. The summed E-state index contributed by atoms with van der Waals surface area (Å²) in [6, 6.07) is 38.7. The minimum atomic E-state index is -1.04. The quantitative estimate of drug-likeness (QED) is 0.158. The van der Waals surface area contributed by atoms with Crippen molar-refractivity contribution in [3.8, 4) is 0 Å². The van der Waals surface area contributed by atoms with Crippen LogP contribution in [-0.4, -0.2) is 26.5 Å². The Morgan fingerprint density at radius 3 is 1.22 bits per heavy atom. The molecule has 0 aliphatic rings. The van der Waals surface area contributed by atoms with E-state index < -0.39 is 23.6 Å². The van der Waals surface area contributed by atoms with Crippen LogP contribution in [0.25, 0.3) is 21.5 Å². The Kier molecular flexibility index (Phi) is 14.3. The first-order chi connectivity index (χ1) is 19.7. The van der Waals surface area contributed by atoms with Crippen LogP contribution in [0.1, 0.15) is 27.6 Å². The summed E-state index contributed by atoms with van der Waals surface area (Å²) in [5, 5.41) is 22.0. The monoisotopic (exact) mass is 586 g/mol. The molecule has 0 aliphatic carbocycles. The number of aromatic carboxylic acids is 2. The Labute approximate surface area is 248 Å². The standard InChI is InChI=1S/2C9H7.2C7H5FO2.C2H4.Ti/c2*1-2-5-9-7-3-6-8(9)4-1;2*8-6-3-1-5(2-4-6)7(9)10;1-2;/h2*1-7H;2*1-4H,(H,9,10);1H,2H3;/q2*-1;;;;+2. The van der Waals surface area contributed by atoms with Crippen LogP contribution in [0.15, 0.2) is 133 Å². The molecule has 0 aromatic heterocycles. The smallest absolute Gasteiger partial charge is 0.335 e. The molecule has 6 rings (SSSR count). The number of halogens is 2. The van der Waals surface area contributed by atoms with Gasteiger partial charge in [0.05, 0.1) is 11.1 Å². The molecule has 0 saturated heterocycles. The first-order valence-corrected chi connectivity index (χ1v) is 13.3. The predicted molar refractivity (Wildman–Crippen MR) is 158 cm³/mol. The van der Waals surface area contributed by atoms with Gasteiger partial charge in [-0.05, 0) is 48.5 Å². The molecule has 0 unspecified atom stereocenters. The van der Waals surface area contributed by atoms with Crippen molar-refractivity contribution in [3.63, 3.8) is 0 Å². The number of carboxylic acids is 2. The van der Waals surface area contributed by atoms with Crippen molar-refractivity contribution in [2.24, 2.45) is 0 Å². The number of rotatable bonds is 2. The van der Waals surface area contributed by atoms with Gasteiger partial charge in [0, 0.05) is 0 Å². The van der Waals surface area contributed by atoms with Crippen molar-refractivity contribution in [2.45, 2.75) is 6.92 Å². The third-order valence-electron chi connectivity index (χ3n) is 5.28. The second-order valence-electron chi connectivity index (χ2n) is 8.22. The van der Waals surface area contributed by atoms with E-state index in [-0.39, 0.29) is 11.1 Å². The average molecular weight is 586 g/mol. The van der Waals surface area contributed by atoms with Crippen LogP contribution >= 0.6 is 0 Å². The molecule has 206 valence electrons. The molecule has 6 aromatic carbocycles. The van der Waals surface area contributed by atoms with E-state index in [2.05, 4.69) is 84.9 Å². The van der Waals surface area contributed by atoms with Crippen molar-refractivity contribution in [2.75, 3.05) is 0 Å². The van der Waals surface area contributed by atoms with Crippen molar-refractivity contribution in [1.82, 2.24) is 0 Å². The molecule has 0 saturated carbocycles. The van der Waals surface area contributed by atoms with Gasteiger partial charge in [0.15, 0.2) is 0 Å². The van der Waals surface area contributed by atoms with E-state index >= 15 is 0 Å². The van der Waals surface area contributed by atoms with Gasteiger partial charge in [-0.3, -0.25) is 0 Å². The van der Waals surface area contributed by atoms with Crippen molar-refractivity contribution in [3.05, 3.63) is 156 Å². The van der Waals surface area contributed by atoms with Gasteiger partial charge in [-0.1, -0.05) is 12.1 Å². The fourth-order valence-corrected chi connectivity index (χ4v) is 3.32. The van der Waals surface area contributed by atoms with Gasteiger partial charge >= 0.3 is 43.1 Å². The maximum Gasteiger partial charge on any atom is 0.335 e. The summed E-state index contributed by atoms with van der Waals surface area (Å²) >= 11 is 2.00. The van der Waals surface area contributed by atoms with E-state index in [1.807, 2.05) is 31.2 Å². The molecule has 7 heteroatoms. The molecule has 0 atom stereocenters. The zero-order valence-corrected chi connectivity index (χ0v) is 23.8. The number of hydrogen-bond acceptors (Lipinski definition) is 2. The van der Waals surface area contributed by atoms with Gasteiger partial charge in [0.1, 0.15) is 11.6 Å². The summed E-state index contributed by atoms with van der Waals surface area (Å²) in [4.78, 5) is 20.4. The summed E-state index contributed by atoms with van der Waals surface area (Å²) in [7, 11) is 0. The van der Waals surface area contributed by atoms with Crippen LogP contribution in [0.3, 0.4) is 0 Å². The van der Waals surface area contributed by atoms with E-state index in [4.69, 9.17) is 10.2 Å². The molecule has 41 heavy (non-hydrogen) atoms. The topological polar surface area (TPSA) is 74.6 Å². The van der Waals surface area contributed by atoms with E-state index in [0.717, 1.165) is 24.3 Å². The van der Waals surface area contributed by atoms with Crippen molar-refractivity contribution < 1.29 is 48.6 Å².